The van der Waals surface area contributed by atoms with E-state index in [1.807, 2.05) is 41.3 Å². The smallest absolute Gasteiger partial charge is 0.263 e. The second-order valence-electron chi connectivity index (χ2n) is 6.18. The topological polar surface area (TPSA) is 23.6 Å². The first-order valence-corrected chi connectivity index (χ1v) is 9.05. The summed E-state index contributed by atoms with van der Waals surface area (Å²) in [7, 11) is 4.17. The molecule has 23 heavy (non-hydrogen) atoms. The molecule has 1 fully saturated rings. The molecule has 1 aliphatic heterocycles. The number of likely N-dealkylation sites (N-methyl/N-ethyl adjacent to an activating group) is 1. The molecule has 1 aliphatic rings. The molecule has 3 nitrogen and oxygen atoms in total. The van der Waals surface area contributed by atoms with E-state index in [0.29, 0.717) is 6.04 Å². The molecule has 0 aliphatic carbocycles. The van der Waals surface area contributed by atoms with Gasteiger partial charge in [0.2, 0.25) is 0 Å². The summed E-state index contributed by atoms with van der Waals surface area (Å²) in [5.41, 5.74) is 1.10. The van der Waals surface area contributed by atoms with Crippen LogP contribution in [0.5, 0.6) is 0 Å². The Labute approximate surface area is 146 Å². The van der Waals surface area contributed by atoms with Crippen LogP contribution in [0.2, 0.25) is 5.02 Å². The second-order valence-corrected chi connectivity index (χ2v) is 7.70. The molecule has 2 aromatic rings. The lowest BCUT2D eigenvalue weighted by Crippen LogP contribution is -2.47. The highest BCUT2D eigenvalue weighted by Gasteiger charge is 2.26. The van der Waals surface area contributed by atoms with E-state index in [1.54, 1.807) is 11.3 Å². The lowest BCUT2D eigenvalue weighted by atomic mass is 10.0. The average molecular weight is 349 g/mol. The van der Waals surface area contributed by atoms with Crippen LogP contribution in [0.3, 0.4) is 0 Å². The monoisotopic (exact) mass is 348 g/mol. The van der Waals surface area contributed by atoms with E-state index in [-0.39, 0.29) is 5.91 Å². The molecule has 122 valence electrons. The molecule has 5 heteroatoms. The summed E-state index contributed by atoms with van der Waals surface area (Å²) >= 11 is 7.49. The molecule has 1 aromatic heterocycles. The molecule has 2 heterocycles. The Bertz CT molecular complexity index is 681. The van der Waals surface area contributed by atoms with Crippen molar-refractivity contribution in [3.8, 4) is 10.4 Å². The predicted molar refractivity (Wildman–Crippen MR) is 97.4 cm³/mol. The molecule has 1 atom stereocenters. The fourth-order valence-corrected chi connectivity index (χ4v) is 4.04. The zero-order chi connectivity index (χ0) is 16.4. The third-order valence-electron chi connectivity index (χ3n) is 4.36. The summed E-state index contributed by atoms with van der Waals surface area (Å²) in [6, 6.07) is 12.2. The standard InChI is InChI=1S/C18H21ClN2OS/c1-20(2)15-4-3-11-21(12-15)18(22)17-10-9-16(23-17)13-5-7-14(19)8-6-13/h5-10,15H,3-4,11-12H2,1-2H3. The molecule has 0 bridgehead atoms. The van der Waals surface area contributed by atoms with E-state index >= 15 is 0 Å². The minimum absolute atomic E-state index is 0.154. The first-order valence-electron chi connectivity index (χ1n) is 7.86. The zero-order valence-corrected chi connectivity index (χ0v) is 15.0. The first-order chi connectivity index (χ1) is 11.0. The Balaban J connectivity index is 1.74. The van der Waals surface area contributed by atoms with Gasteiger partial charge in [0, 0.05) is 29.0 Å². The summed E-state index contributed by atoms with van der Waals surface area (Å²) in [4.78, 5) is 18.9. The average Bonchev–Trinajstić information content (AvgIpc) is 3.05. The largest absolute Gasteiger partial charge is 0.336 e. The van der Waals surface area contributed by atoms with Crippen LogP contribution in [-0.2, 0) is 0 Å². The molecule has 0 N–H and O–H groups in total. The van der Waals surface area contributed by atoms with Crippen LogP contribution < -0.4 is 0 Å². The lowest BCUT2D eigenvalue weighted by Gasteiger charge is -2.35. The van der Waals surface area contributed by atoms with Crippen LogP contribution in [0.4, 0.5) is 0 Å². The van der Waals surface area contributed by atoms with Gasteiger partial charge in [0.25, 0.3) is 5.91 Å². The molecule has 0 spiro atoms. The van der Waals surface area contributed by atoms with Crippen molar-refractivity contribution in [2.24, 2.45) is 0 Å². The van der Waals surface area contributed by atoms with Gasteiger partial charge in [-0.2, -0.15) is 0 Å². The number of carbonyl (C=O) groups excluding carboxylic acids is 1. The van der Waals surface area contributed by atoms with Gasteiger partial charge in [-0.25, -0.2) is 0 Å². The van der Waals surface area contributed by atoms with Crippen LogP contribution in [0.25, 0.3) is 10.4 Å². The van der Waals surface area contributed by atoms with Gasteiger partial charge >= 0.3 is 0 Å². The van der Waals surface area contributed by atoms with Crippen molar-refractivity contribution in [2.75, 3.05) is 27.2 Å². The fraction of sp³-hybridized carbons (Fsp3) is 0.389. The van der Waals surface area contributed by atoms with Crippen LogP contribution in [0, 0.1) is 0 Å². The Morgan fingerprint density at radius 2 is 1.96 bits per heavy atom. The normalized spacial score (nSPS) is 18.4. The van der Waals surface area contributed by atoms with Gasteiger partial charge in [-0.15, -0.1) is 11.3 Å². The third kappa shape index (κ3) is 3.77. The Morgan fingerprint density at radius 1 is 1.22 bits per heavy atom. The summed E-state index contributed by atoms with van der Waals surface area (Å²) in [6.07, 6.45) is 2.24. The second kappa shape index (κ2) is 7.04. The van der Waals surface area contributed by atoms with Gasteiger partial charge in [-0.1, -0.05) is 23.7 Å². The van der Waals surface area contributed by atoms with Gasteiger partial charge in [0.05, 0.1) is 4.88 Å². The fourth-order valence-electron chi connectivity index (χ4n) is 2.94. The maximum absolute atomic E-state index is 12.8. The number of carbonyl (C=O) groups is 1. The Morgan fingerprint density at radius 3 is 2.65 bits per heavy atom. The Kier molecular flexibility index (Phi) is 5.05. The number of halogens is 1. The number of amides is 1. The van der Waals surface area contributed by atoms with E-state index in [2.05, 4.69) is 19.0 Å². The van der Waals surface area contributed by atoms with Gasteiger partial charge in [0.1, 0.15) is 0 Å². The van der Waals surface area contributed by atoms with Gasteiger partial charge in [0.15, 0.2) is 0 Å². The highest BCUT2D eigenvalue weighted by atomic mass is 35.5. The van der Waals surface area contributed by atoms with Gasteiger partial charge in [-0.05, 0) is 56.8 Å². The highest BCUT2D eigenvalue weighted by Crippen LogP contribution is 2.30. The molecule has 3 rings (SSSR count). The SMILES string of the molecule is CN(C)C1CCCN(C(=O)c2ccc(-c3ccc(Cl)cc3)s2)C1. The quantitative estimate of drug-likeness (QED) is 0.828. The van der Waals surface area contributed by atoms with Crippen LogP contribution in [0.1, 0.15) is 22.5 Å². The van der Waals surface area contributed by atoms with Crippen molar-refractivity contribution in [3.05, 3.63) is 46.3 Å². The molecule has 1 saturated heterocycles. The maximum atomic E-state index is 12.8. The molecule has 1 amide bonds. The predicted octanol–water partition coefficient (Wildman–Crippen LogP) is 4.23. The van der Waals surface area contributed by atoms with Crippen LogP contribution in [0.15, 0.2) is 36.4 Å². The minimum atomic E-state index is 0.154. The molecular formula is C18H21ClN2OS. The van der Waals surface area contributed by atoms with Gasteiger partial charge in [-0.3, -0.25) is 4.79 Å². The molecule has 0 radical (unpaired) electrons. The minimum Gasteiger partial charge on any atom is -0.336 e. The number of hydrogen-bond acceptors (Lipinski definition) is 3. The van der Waals surface area contributed by atoms with E-state index in [0.717, 1.165) is 46.3 Å². The molecule has 0 saturated carbocycles. The maximum Gasteiger partial charge on any atom is 0.263 e. The first kappa shape index (κ1) is 16.5. The van der Waals surface area contributed by atoms with E-state index in [1.165, 1.54) is 0 Å². The van der Waals surface area contributed by atoms with Crippen molar-refractivity contribution in [1.82, 2.24) is 9.80 Å². The third-order valence-corrected chi connectivity index (χ3v) is 5.73. The van der Waals surface area contributed by atoms with Crippen molar-refractivity contribution < 1.29 is 4.79 Å². The highest BCUT2D eigenvalue weighted by molar-refractivity contribution is 7.17. The van der Waals surface area contributed by atoms with Crippen molar-refractivity contribution in [3.63, 3.8) is 0 Å². The summed E-state index contributed by atoms with van der Waals surface area (Å²) < 4.78 is 0. The summed E-state index contributed by atoms with van der Waals surface area (Å²) in [5, 5.41) is 0.727. The number of benzene rings is 1. The Hall–Kier alpha value is -1.36. The van der Waals surface area contributed by atoms with Gasteiger partial charge < -0.3 is 9.80 Å². The number of thiophene rings is 1. The molecule has 1 unspecified atom stereocenters. The lowest BCUT2D eigenvalue weighted by molar-refractivity contribution is 0.0640. The molecule has 1 aromatic carbocycles. The molecular weight excluding hydrogens is 328 g/mol. The van der Waals surface area contributed by atoms with Crippen molar-refractivity contribution in [1.29, 1.82) is 0 Å². The number of piperidine rings is 1. The van der Waals surface area contributed by atoms with E-state index in [4.69, 9.17) is 11.6 Å². The van der Waals surface area contributed by atoms with Crippen LogP contribution >= 0.6 is 22.9 Å². The van der Waals surface area contributed by atoms with E-state index < -0.39 is 0 Å². The summed E-state index contributed by atoms with van der Waals surface area (Å²) in [5.74, 6) is 0.154. The summed E-state index contributed by atoms with van der Waals surface area (Å²) in [6.45, 7) is 1.68. The van der Waals surface area contributed by atoms with E-state index in [9.17, 15) is 4.79 Å². The van der Waals surface area contributed by atoms with Crippen LogP contribution in [-0.4, -0.2) is 48.9 Å². The number of rotatable bonds is 3. The number of hydrogen-bond donors (Lipinski definition) is 0. The van der Waals surface area contributed by atoms with Crippen molar-refractivity contribution >= 4 is 28.8 Å². The number of nitrogens with zero attached hydrogens (tertiary/aromatic N) is 2. The number of likely N-dealkylation sites (tertiary alicyclic amines) is 1. The zero-order valence-electron chi connectivity index (χ0n) is 13.5. The van der Waals surface area contributed by atoms with Crippen molar-refractivity contribution in [2.45, 2.75) is 18.9 Å².